The van der Waals surface area contributed by atoms with Gasteiger partial charge in [-0.25, -0.2) is 0 Å². The molecule has 2 nitrogen and oxygen atoms in total. The lowest BCUT2D eigenvalue weighted by molar-refractivity contribution is 0.670. The van der Waals surface area contributed by atoms with Crippen LogP contribution < -0.4 is 20.7 Å². The van der Waals surface area contributed by atoms with Crippen molar-refractivity contribution in [2.45, 2.75) is 9.79 Å². The van der Waals surface area contributed by atoms with Crippen LogP contribution in [0.1, 0.15) is 0 Å². The Bertz CT molecular complexity index is 3330. The molecule has 9 aromatic carbocycles. The Morgan fingerprint density at radius 1 is 0.414 bits per heavy atom. The third-order valence-corrected chi connectivity index (χ3v) is 18.6. The number of fused-ring (bicyclic) bond motifs is 8. The zero-order valence-corrected chi connectivity index (χ0v) is 33.3. The van der Waals surface area contributed by atoms with Gasteiger partial charge in [0.25, 0.3) is 0 Å². The van der Waals surface area contributed by atoms with Gasteiger partial charge in [-0.15, -0.1) is 0 Å². The quantitative estimate of drug-likeness (QED) is 0.162. The van der Waals surface area contributed by atoms with Crippen LogP contribution in [-0.4, -0.2) is 12.6 Å². The SMILES string of the molecule is c1ccc(-c2ccc3c(c2)c2ccccc2n3-c2cc(-c3cccc4c3Sc3ccccc3[Si]4(c3ccccc3)c3ccccc3)c3oc4ccccc4c3c2)cc1. The highest BCUT2D eigenvalue weighted by Crippen LogP contribution is 2.45. The van der Waals surface area contributed by atoms with Crippen LogP contribution in [0.3, 0.4) is 0 Å². The Hall–Kier alpha value is -6.85. The van der Waals surface area contributed by atoms with E-state index in [9.17, 15) is 0 Å². The second-order valence-corrected chi connectivity index (χ2v) is 20.0. The minimum atomic E-state index is -2.77. The molecule has 0 atom stereocenters. The van der Waals surface area contributed by atoms with Gasteiger partial charge in [0.2, 0.25) is 0 Å². The fraction of sp³-hybridized carbons (Fsp3) is 0. The fourth-order valence-electron chi connectivity index (χ4n) is 9.64. The first-order chi connectivity index (χ1) is 28.8. The first-order valence-corrected chi connectivity index (χ1v) is 22.7. The van der Waals surface area contributed by atoms with Gasteiger partial charge in [0.1, 0.15) is 11.2 Å². The van der Waals surface area contributed by atoms with E-state index in [1.165, 1.54) is 69.0 Å². The van der Waals surface area contributed by atoms with Crippen molar-refractivity contribution in [1.82, 2.24) is 4.57 Å². The zero-order chi connectivity index (χ0) is 38.2. The summed E-state index contributed by atoms with van der Waals surface area (Å²) in [5.41, 5.74) is 10.0. The van der Waals surface area contributed by atoms with Crippen molar-refractivity contribution in [3.63, 3.8) is 0 Å². The predicted molar refractivity (Wildman–Crippen MR) is 247 cm³/mol. The van der Waals surface area contributed by atoms with Crippen LogP contribution in [0.15, 0.2) is 227 Å². The second kappa shape index (κ2) is 13.1. The maximum absolute atomic E-state index is 6.92. The number of rotatable bonds is 5. The summed E-state index contributed by atoms with van der Waals surface area (Å²) in [5.74, 6) is 0. The molecule has 4 heteroatoms. The average Bonchev–Trinajstić information content (AvgIpc) is 3.84. The van der Waals surface area contributed by atoms with Crippen molar-refractivity contribution in [2.75, 3.05) is 0 Å². The molecule has 0 fully saturated rings. The highest BCUT2D eigenvalue weighted by molar-refractivity contribution is 8.00. The maximum Gasteiger partial charge on any atom is 0.181 e. The molecule has 0 unspecified atom stereocenters. The predicted octanol–water partition coefficient (Wildman–Crippen LogP) is 11.9. The molecule has 0 saturated carbocycles. The molecular weight excluding hydrogens is 739 g/mol. The molecule has 0 N–H and O–H groups in total. The average molecular weight is 774 g/mol. The van der Waals surface area contributed by atoms with Crippen LogP contribution >= 0.6 is 11.8 Å². The van der Waals surface area contributed by atoms with Crippen molar-refractivity contribution in [3.05, 3.63) is 212 Å². The molecule has 0 bridgehead atoms. The van der Waals surface area contributed by atoms with Crippen LogP contribution in [0.2, 0.25) is 0 Å². The van der Waals surface area contributed by atoms with Crippen molar-refractivity contribution in [2.24, 2.45) is 0 Å². The molecule has 2 aromatic heterocycles. The van der Waals surface area contributed by atoms with E-state index >= 15 is 0 Å². The smallest absolute Gasteiger partial charge is 0.181 e. The fourth-order valence-corrected chi connectivity index (χ4v) is 16.8. The van der Waals surface area contributed by atoms with Crippen LogP contribution in [0.4, 0.5) is 0 Å². The van der Waals surface area contributed by atoms with Gasteiger partial charge in [-0.05, 0) is 79.9 Å². The summed E-state index contributed by atoms with van der Waals surface area (Å²) in [5, 5.41) is 10.3. The summed E-state index contributed by atoms with van der Waals surface area (Å²) in [4.78, 5) is 2.62. The van der Waals surface area contributed by atoms with Gasteiger partial charge in [-0.3, -0.25) is 0 Å². The first kappa shape index (κ1) is 33.3. The maximum atomic E-state index is 6.92. The standard InChI is InChI=1S/C54H35NOSSi/c1-4-17-36(18-5-1)37-31-32-48-44(33-37)41-23-10-12-26-47(41)55(48)38-34-45-42-24-11-13-27-49(42)56-53(45)46(35-38)43-25-16-30-52-54(43)57-50-28-14-15-29-51(50)58(52,39-19-6-2-7-20-39)40-21-8-3-9-22-40/h1-35H. The molecule has 11 aromatic rings. The topological polar surface area (TPSA) is 18.1 Å². The van der Waals surface area contributed by atoms with Crippen molar-refractivity contribution >= 4 is 84.3 Å². The highest BCUT2D eigenvalue weighted by Gasteiger charge is 2.47. The molecule has 3 heterocycles. The largest absolute Gasteiger partial charge is 0.455 e. The Balaban J connectivity index is 1.17. The third-order valence-electron chi connectivity index (χ3n) is 12.1. The lowest BCUT2D eigenvalue weighted by atomic mass is 10.0. The van der Waals surface area contributed by atoms with Crippen molar-refractivity contribution < 1.29 is 4.42 Å². The number of hydrogen-bond acceptors (Lipinski definition) is 2. The molecule has 0 aliphatic carbocycles. The summed E-state index contributed by atoms with van der Waals surface area (Å²) in [7, 11) is -2.77. The van der Waals surface area contributed by atoms with E-state index in [1.54, 1.807) is 0 Å². The number of hydrogen-bond donors (Lipinski definition) is 0. The van der Waals surface area contributed by atoms with Crippen LogP contribution in [0.5, 0.6) is 0 Å². The molecule has 272 valence electrons. The van der Waals surface area contributed by atoms with Gasteiger partial charge in [-0.1, -0.05) is 182 Å². The Kier molecular flexibility index (Phi) is 7.52. The molecular formula is C54H35NOSSi. The summed E-state index contributed by atoms with van der Waals surface area (Å²) >= 11 is 1.91. The van der Waals surface area contributed by atoms with Gasteiger partial charge in [0, 0.05) is 42.6 Å². The van der Waals surface area contributed by atoms with Crippen molar-refractivity contribution in [3.8, 4) is 27.9 Å². The molecule has 58 heavy (non-hydrogen) atoms. The number of furan rings is 1. The second-order valence-electron chi connectivity index (χ2n) is 15.2. The summed E-state index contributed by atoms with van der Waals surface area (Å²) in [6.45, 7) is 0. The molecule has 1 aliphatic heterocycles. The molecule has 0 saturated heterocycles. The monoisotopic (exact) mass is 773 g/mol. The van der Waals surface area contributed by atoms with E-state index in [0.717, 1.165) is 33.2 Å². The highest BCUT2D eigenvalue weighted by atomic mass is 32.2. The summed E-state index contributed by atoms with van der Waals surface area (Å²) < 4.78 is 9.38. The zero-order valence-electron chi connectivity index (χ0n) is 31.5. The molecule has 1 aliphatic rings. The molecule has 0 radical (unpaired) electrons. The molecule has 0 spiro atoms. The minimum absolute atomic E-state index is 0.894. The van der Waals surface area contributed by atoms with E-state index < -0.39 is 8.07 Å². The minimum Gasteiger partial charge on any atom is -0.455 e. The number of nitrogens with zero attached hydrogens (tertiary/aromatic N) is 1. The number of para-hydroxylation sites is 2. The van der Waals surface area contributed by atoms with Crippen LogP contribution in [0, 0.1) is 0 Å². The molecule has 12 rings (SSSR count). The van der Waals surface area contributed by atoms with Crippen molar-refractivity contribution in [1.29, 1.82) is 0 Å². The Morgan fingerprint density at radius 2 is 1.05 bits per heavy atom. The van der Waals surface area contributed by atoms with Gasteiger partial charge >= 0.3 is 0 Å². The lowest BCUT2D eigenvalue weighted by Gasteiger charge is -2.40. The van der Waals surface area contributed by atoms with E-state index in [2.05, 4.69) is 217 Å². The van der Waals surface area contributed by atoms with Gasteiger partial charge in [0.15, 0.2) is 8.07 Å². The van der Waals surface area contributed by atoms with E-state index in [1.807, 2.05) is 11.8 Å². The van der Waals surface area contributed by atoms with Crippen LogP contribution in [0.25, 0.3) is 71.7 Å². The third kappa shape index (κ3) is 4.86. The van der Waals surface area contributed by atoms with Crippen LogP contribution in [-0.2, 0) is 0 Å². The number of aromatic nitrogens is 1. The van der Waals surface area contributed by atoms with E-state index in [4.69, 9.17) is 4.42 Å². The Morgan fingerprint density at radius 3 is 1.84 bits per heavy atom. The van der Waals surface area contributed by atoms with E-state index in [-0.39, 0.29) is 0 Å². The normalized spacial score (nSPS) is 13.2. The first-order valence-electron chi connectivity index (χ1n) is 19.8. The number of benzene rings is 9. The van der Waals surface area contributed by atoms with Gasteiger partial charge in [-0.2, -0.15) is 0 Å². The van der Waals surface area contributed by atoms with Gasteiger partial charge in [0.05, 0.1) is 11.0 Å². The summed E-state index contributed by atoms with van der Waals surface area (Å²) in [6.07, 6.45) is 0. The van der Waals surface area contributed by atoms with E-state index in [0.29, 0.717) is 0 Å². The van der Waals surface area contributed by atoms with Gasteiger partial charge < -0.3 is 8.98 Å². The summed E-state index contributed by atoms with van der Waals surface area (Å²) in [6, 6.07) is 78.2. The molecule has 0 amide bonds. The Labute approximate surface area is 341 Å². The lowest BCUT2D eigenvalue weighted by Crippen LogP contribution is -2.76.